The number of carbonyl (C=O) groups excluding carboxylic acids is 1. The predicted octanol–water partition coefficient (Wildman–Crippen LogP) is 0.982. The Balaban J connectivity index is 2.35. The van der Waals surface area contributed by atoms with Crippen LogP contribution in [0.1, 0.15) is 33.1 Å². The van der Waals surface area contributed by atoms with E-state index < -0.39 is 0 Å². The molecule has 3 nitrogen and oxygen atoms in total. The Bertz CT molecular complexity index is 180. The van der Waals surface area contributed by atoms with Crippen molar-refractivity contribution in [3.63, 3.8) is 0 Å². The van der Waals surface area contributed by atoms with Gasteiger partial charge in [-0.25, -0.2) is 0 Å². The maximum atomic E-state index is 11.0. The Morgan fingerprint density at radius 3 is 2.85 bits per heavy atom. The van der Waals surface area contributed by atoms with E-state index in [4.69, 9.17) is 5.73 Å². The Hall–Kier alpha value is -0.570. The number of nitrogens with zero attached hydrogens (tertiary/aromatic N) is 1. The monoisotopic (exact) mass is 184 g/mol. The molecular weight excluding hydrogens is 164 g/mol. The molecule has 0 spiro atoms. The molecule has 1 heterocycles. The lowest BCUT2D eigenvalue weighted by atomic mass is 10.1. The van der Waals surface area contributed by atoms with Gasteiger partial charge in [0.25, 0.3) is 0 Å². The van der Waals surface area contributed by atoms with E-state index >= 15 is 0 Å². The average molecular weight is 184 g/mol. The van der Waals surface area contributed by atoms with Crippen molar-refractivity contribution in [2.24, 2.45) is 11.7 Å². The average Bonchev–Trinajstić information content (AvgIpc) is 2.47. The number of carbonyl (C=O) groups is 1. The van der Waals surface area contributed by atoms with Crippen molar-refractivity contribution in [2.45, 2.75) is 39.2 Å². The van der Waals surface area contributed by atoms with Gasteiger partial charge >= 0.3 is 0 Å². The third kappa shape index (κ3) is 2.99. The molecule has 0 saturated carbocycles. The van der Waals surface area contributed by atoms with E-state index in [0.717, 1.165) is 32.4 Å². The van der Waals surface area contributed by atoms with E-state index in [9.17, 15) is 4.79 Å². The largest absolute Gasteiger partial charge is 0.368 e. The lowest BCUT2D eigenvalue weighted by Crippen LogP contribution is -2.40. The van der Waals surface area contributed by atoms with Gasteiger partial charge in [0.05, 0.1) is 6.04 Å². The molecule has 1 aliphatic rings. The maximum Gasteiger partial charge on any atom is 0.234 e. The number of rotatable bonds is 4. The zero-order valence-corrected chi connectivity index (χ0v) is 8.62. The molecule has 13 heavy (non-hydrogen) atoms. The summed E-state index contributed by atoms with van der Waals surface area (Å²) in [6.07, 6.45) is 3.23. The number of hydrogen-bond donors (Lipinski definition) is 1. The molecule has 0 aliphatic carbocycles. The van der Waals surface area contributed by atoms with Gasteiger partial charge in [0.15, 0.2) is 0 Å². The first-order valence-corrected chi connectivity index (χ1v) is 5.14. The highest BCUT2D eigenvalue weighted by molar-refractivity contribution is 5.80. The molecule has 2 N–H and O–H groups in total. The summed E-state index contributed by atoms with van der Waals surface area (Å²) >= 11 is 0. The summed E-state index contributed by atoms with van der Waals surface area (Å²) in [4.78, 5) is 13.3. The highest BCUT2D eigenvalue weighted by Crippen LogP contribution is 2.17. The molecule has 1 fully saturated rings. The Morgan fingerprint density at radius 1 is 1.62 bits per heavy atom. The van der Waals surface area contributed by atoms with Crippen molar-refractivity contribution in [3.8, 4) is 0 Å². The molecular formula is C10H20N2O. The molecule has 1 rings (SSSR count). The number of likely N-dealkylation sites (tertiary alicyclic amines) is 1. The van der Waals surface area contributed by atoms with Crippen molar-refractivity contribution in [1.29, 1.82) is 0 Å². The molecule has 1 unspecified atom stereocenters. The van der Waals surface area contributed by atoms with Crippen LogP contribution in [0.15, 0.2) is 0 Å². The Kier molecular flexibility index (Phi) is 3.72. The van der Waals surface area contributed by atoms with Crippen molar-refractivity contribution in [2.75, 3.05) is 13.1 Å². The van der Waals surface area contributed by atoms with Crippen LogP contribution >= 0.6 is 0 Å². The number of amides is 1. The van der Waals surface area contributed by atoms with Crippen LogP contribution in [0.4, 0.5) is 0 Å². The van der Waals surface area contributed by atoms with Crippen molar-refractivity contribution in [3.05, 3.63) is 0 Å². The quantitative estimate of drug-likeness (QED) is 0.708. The summed E-state index contributed by atoms with van der Waals surface area (Å²) in [6, 6.07) is 0.0127. The summed E-state index contributed by atoms with van der Waals surface area (Å²) in [5.41, 5.74) is 5.31. The number of nitrogens with two attached hydrogens (primary N) is 1. The Labute approximate surface area is 80.3 Å². The van der Waals surface area contributed by atoms with Crippen LogP contribution in [0.5, 0.6) is 0 Å². The van der Waals surface area contributed by atoms with Gasteiger partial charge in [-0.3, -0.25) is 9.69 Å². The van der Waals surface area contributed by atoms with Gasteiger partial charge in [0.1, 0.15) is 0 Å². The first-order chi connectivity index (χ1) is 6.11. The van der Waals surface area contributed by atoms with Crippen LogP contribution in [0.25, 0.3) is 0 Å². The minimum atomic E-state index is -0.152. The van der Waals surface area contributed by atoms with Crippen LogP contribution in [0, 0.1) is 5.92 Å². The maximum absolute atomic E-state index is 11.0. The topological polar surface area (TPSA) is 46.3 Å². The zero-order chi connectivity index (χ0) is 9.84. The molecule has 3 heteroatoms. The first kappa shape index (κ1) is 10.5. The van der Waals surface area contributed by atoms with Gasteiger partial charge in [0.2, 0.25) is 5.91 Å². The minimum Gasteiger partial charge on any atom is -0.368 e. The highest BCUT2D eigenvalue weighted by Gasteiger charge is 2.28. The van der Waals surface area contributed by atoms with E-state index in [1.807, 2.05) is 0 Å². The van der Waals surface area contributed by atoms with E-state index in [0.29, 0.717) is 5.92 Å². The fourth-order valence-corrected chi connectivity index (χ4v) is 1.84. The van der Waals surface area contributed by atoms with Gasteiger partial charge in [-0.1, -0.05) is 13.8 Å². The van der Waals surface area contributed by atoms with Crippen LogP contribution in [-0.2, 0) is 4.79 Å². The number of hydrogen-bond acceptors (Lipinski definition) is 2. The fraction of sp³-hybridized carbons (Fsp3) is 0.900. The van der Waals surface area contributed by atoms with Crippen LogP contribution in [-0.4, -0.2) is 29.9 Å². The molecule has 0 aromatic carbocycles. The predicted molar refractivity (Wildman–Crippen MR) is 53.2 cm³/mol. The second-order valence-electron chi connectivity index (χ2n) is 4.28. The molecule has 0 radical (unpaired) electrons. The standard InChI is InChI=1S/C10H20N2O/c1-8(2)5-7-12-6-3-4-9(12)10(11)13/h8-9H,3-7H2,1-2H3,(H2,11,13). The normalized spacial score (nSPS) is 24.1. The molecule has 1 aliphatic heterocycles. The molecule has 0 aromatic rings. The summed E-state index contributed by atoms with van der Waals surface area (Å²) in [7, 11) is 0. The van der Waals surface area contributed by atoms with Gasteiger partial charge in [-0.05, 0) is 38.3 Å². The van der Waals surface area contributed by atoms with Crippen LogP contribution < -0.4 is 5.73 Å². The zero-order valence-electron chi connectivity index (χ0n) is 8.62. The summed E-state index contributed by atoms with van der Waals surface area (Å²) < 4.78 is 0. The summed E-state index contributed by atoms with van der Waals surface area (Å²) in [5.74, 6) is 0.551. The van der Waals surface area contributed by atoms with Crippen LogP contribution in [0.3, 0.4) is 0 Å². The highest BCUT2D eigenvalue weighted by atomic mass is 16.1. The molecule has 1 atom stereocenters. The SMILES string of the molecule is CC(C)CCN1CCCC1C(N)=O. The van der Waals surface area contributed by atoms with Crippen molar-refractivity contribution < 1.29 is 4.79 Å². The third-order valence-corrected chi connectivity index (χ3v) is 2.69. The first-order valence-electron chi connectivity index (χ1n) is 5.14. The van der Waals surface area contributed by atoms with E-state index in [2.05, 4.69) is 18.7 Å². The smallest absolute Gasteiger partial charge is 0.234 e. The van der Waals surface area contributed by atoms with Gasteiger partial charge in [0, 0.05) is 0 Å². The second kappa shape index (κ2) is 4.61. The third-order valence-electron chi connectivity index (χ3n) is 2.69. The van der Waals surface area contributed by atoms with Gasteiger partial charge < -0.3 is 5.73 Å². The van der Waals surface area contributed by atoms with Crippen molar-refractivity contribution >= 4 is 5.91 Å². The summed E-state index contributed by atoms with van der Waals surface area (Å²) in [5, 5.41) is 0. The molecule has 1 saturated heterocycles. The lowest BCUT2D eigenvalue weighted by Gasteiger charge is -2.22. The summed E-state index contributed by atoms with van der Waals surface area (Å²) in [6.45, 7) is 6.47. The van der Waals surface area contributed by atoms with Crippen LogP contribution in [0.2, 0.25) is 0 Å². The lowest BCUT2D eigenvalue weighted by molar-refractivity contribution is -0.122. The van der Waals surface area contributed by atoms with Gasteiger partial charge in [-0.15, -0.1) is 0 Å². The number of primary amides is 1. The Morgan fingerprint density at radius 2 is 2.31 bits per heavy atom. The molecule has 76 valence electrons. The van der Waals surface area contributed by atoms with Crippen molar-refractivity contribution in [1.82, 2.24) is 4.90 Å². The second-order valence-corrected chi connectivity index (χ2v) is 4.28. The fourth-order valence-electron chi connectivity index (χ4n) is 1.84. The molecule has 0 aromatic heterocycles. The molecule has 0 bridgehead atoms. The molecule has 1 amide bonds. The van der Waals surface area contributed by atoms with E-state index in [1.165, 1.54) is 0 Å². The van der Waals surface area contributed by atoms with E-state index in [-0.39, 0.29) is 11.9 Å². The van der Waals surface area contributed by atoms with Gasteiger partial charge in [-0.2, -0.15) is 0 Å². The van der Waals surface area contributed by atoms with E-state index in [1.54, 1.807) is 0 Å². The minimum absolute atomic E-state index is 0.0127.